The minimum absolute atomic E-state index is 0.0664. The molecule has 176 valence electrons. The van der Waals surface area contributed by atoms with E-state index in [2.05, 4.69) is 10.5 Å². The van der Waals surface area contributed by atoms with Crippen LogP contribution in [0.4, 0.5) is 0 Å². The van der Waals surface area contributed by atoms with Crippen molar-refractivity contribution in [3.63, 3.8) is 0 Å². The standard InChI is InChI=1S/C24H22ClN3O4S2/c1-24(8-9-24)23(29)26-14-18-11-16-12-20(25)22(33-15-17-7-10-32-27-17)13-21(16)28(18)34(30,31)19-5-3-2-4-6-19/h2-7,10-13H,8-9,14-15H2,1H3,(H,26,29). The fourth-order valence-electron chi connectivity index (χ4n) is 3.72. The average Bonchev–Trinajstić information content (AvgIpc) is 3.22. The van der Waals surface area contributed by atoms with Crippen molar-refractivity contribution in [2.75, 3.05) is 0 Å². The van der Waals surface area contributed by atoms with E-state index in [1.165, 1.54) is 22.0 Å². The lowest BCUT2D eigenvalue weighted by Crippen LogP contribution is -2.31. The van der Waals surface area contributed by atoms with Gasteiger partial charge in [0.05, 0.1) is 33.4 Å². The second-order valence-electron chi connectivity index (χ2n) is 8.58. The highest BCUT2D eigenvalue weighted by Crippen LogP contribution is 2.45. The number of aromatic nitrogens is 2. The van der Waals surface area contributed by atoms with Crippen molar-refractivity contribution in [1.82, 2.24) is 14.4 Å². The van der Waals surface area contributed by atoms with Gasteiger partial charge in [-0.2, -0.15) is 0 Å². The number of rotatable bonds is 8. The highest BCUT2D eigenvalue weighted by Gasteiger charge is 2.44. The number of nitrogens with one attached hydrogen (secondary N) is 1. The molecule has 10 heteroatoms. The Balaban J connectivity index is 1.58. The van der Waals surface area contributed by atoms with Gasteiger partial charge in [0, 0.05) is 27.5 Å². The lowest BCUT2D eigenvalue weighted by molar-refractivity contribution is -0.125. The molecule has 1 saturated carbocycles. The third kappa shape index (κ3) is 4.35. The van der Waals surface area contributed by atoms with Crippen LogP contribution in [0.15, 0.2) is 75.2 Å². The molecule has 2 heterocycles. The molecule has 0 atom stereocenters. The first-order chi connectivity index (χ1) is 16.3. The molecule has 0 unspecified atom stereocenters. The van der Waals surface area contributed by atoms with Gasteiger partial charge >= 0.3 is 0 Å². The number of hydrogen-bond donors (Lipinski definition) is 1. The number of nitrogens with zero attached hydrogens (tertiary/aromatic N) is 2. The van der Waals surface area contributed by atoms with Crippen LogP contribution in [-0.4, -0.2) is 23.5 Å². The van der Waals surface area contributed by atoms with Gasteiger partial charge in [-0.15, -0.1) is 11.8 Å². The molecule has 5 rings (SSSR count). The summed E-state index contributed by atoms with van der Waals surface area (Å²) in [5.74, 6) is 0.457. The molecule has 0 saturated heterocycles. The molecule has 0 bridgehead atoms. The summed E-state index contributed by atoms with van der Waals surface area (Å²) < 4.78 is 33.6. The van der Waals surface area contributed by atoms with Crippen molar-refractivity contribution in [2.45, 2.75) is 41.9 Å². The maximum Gasteiger partial charge on any atom is 0.268 e. The minimum atomic E-state index is -3.92. The largest absolute Gasteiger partial charge is 0.364 e. The summed E-state index contributed by atoms with van der Waals surface area (Å²) in [5.41, 5.74) is 1.36. The van der Waals surface area contributed by atoms with E-state index in [1.54, 1.807) is 54.6 Å². The van der Waals surface area contributed by atoms with E-state index in [9.17, 15) is 13.2 Å². The first kappa shape index (κ1) is 23.0. The summed E-state index contributed by atoms with van der Waals surface area (Å²) in [6.07, 6.45) is 3.18. The highest BCUT2D eigenvalue weighted by atomic mass is 35.5. The SMILES string of the molecule is CC1(C(=O)NCc2cc3cc(Cl)c(SCc4ccon4)cc3n2S(=O)(=O)c2ccccc2)CC1. The third-order valence-electron chi connectivity index (χ3n) is 6.01. The monoisotopic (exact) mass is 515 g/mol. The number of amides is 1. The Labute approximate surface area is 206 Å². The molecular weight excluding hydrogens is 494 g/mol. The van der Waals surface area contributed by atoms with Crippen LogP contribution in [0.3, 0.4) is 0 Å². The van der Waals surface area contributed by atoms with Gasteiger partial charge < -0.3 is 9.84 Å². The zero-order valence-electron chi connectivity index (χ0n) is 18.3. The van der Waals surface area contributed by atoms with Crippen LogP contribution < -0.4 is 5.32 Å². The summed E-state index contributed by atoms with van der Waals surface area (Å²) in [4.78, 5) is 13.4. The zero-order valence-corrected chi connectivity index (χ0v) is 20.7. The summed E-state index contributed by atoms with van der Waals surface area (Å²) in [6.45, 7) is 2.00. The molecule has 7 nitrogen and oxygen atoms in total. The molecule has 0 aliphatic heterocycles. The predicted molar refractivity (Wildman–Crippen MR) is 131 cm³/mol. The molecule has 2 aromatic carbocycles. The van der Waals surface area contributed by atoms with Crippen LogP contribution in [0.1, 0.15) is 31.2 Å². The van der Waals surface area contributed by atoms with Crippen molar-refractivity contribution in [1.29, 1.82) is 0 Å². The highest BCUT2D eigenvalue weighted by molar-refractivity contribution is 7.98. The summed E-state index contributed by atoms with van der Waals surface area (Å²) >= 11 is 7.98. The van der Waals surface area contributed by atoms with E-state index in [4.69, 9.17) is 16.1 Å². The minimum Gasteiger partial charge on any atom is -0.364 e. The molecule has 0 spiro atoms. The molecule has 0 radical (unpaired) electrons. The number of thioether (sulfide) groups is 1. The fraction of sp³-hybridized carbons (Fsp3) is 0.250. The van der Waals surface area contributed by atoms with Gasteiger partial charge in [-0.05, 0) is 43.2 Å². The topological polar surface area (TPSA) is 94.2 Å². The fourth-order valence-corrected chi connectivity index (χ4v) is 6.45. The van der Waals surface area contributed by atoms with Gasteiger partial charge in [0.25, 0.3) is 10.0 Å². The number of benzene rings is 2. The second-order valence-corrected chi connectivity index (χ2v) is 11.8. The van der Waals surface area contributed by atoms with Gasteiger partial charge in [-0.1, -0.05) is 41.9 Å². The van der Waals surface area contributed by atoms with E-state index in [1.807, 2.05) is 6.92 Å². The first-order valence-corrected chi connectivity index (χ1v) is 13.5. The normalized spacial score (nSPS) is 14.9. The van der Waals surface area contributed by atoms with Crippen LogP contribution in [0, 0.1) is 5.41 Å². The van der Waals surface area contributed by atoms with E-state index in [0.29, 0.717) is 27.4 Å². The van der Waals surface area contributed by atoms with Gasteiger partial charge in [0.1, 0.15) is 6.26 Å². The van der Waals surface area contributed by atoms with E-state index >= 15 is 0 Å². The molecular formula is C24H22ClN3O4S2. The molecule has 1 N–H and O–H groups in total. The predicted octanol–water partition coefficient (Wildman–Crippen LogP) is 5.23. The van der Waals surface area contributed by atoms with Crippen molar-refractivity contribution in [2.24, 2.45) is 5.41 Å². The second kappa shape index (κ2) is 8.79. The van der Waals surface area contributed by atoms with Gasteiger partial charge in [0.15, 0.2) is 0 Å². The van der Waals surface area contributed by atoms with Crippen LogP contribution in [0.25, 0.3) is 10.9 Å². The van der Waals surface area contributed by atoms with Crippen LogP contribution in [0.5, 0.6) is 0 Å². The number of halogens is 1. The number of carbonyl (C=O) groups excluding carboxylic acids is 1. The maximum absolute atomic E-state index is 13.7. The third-order valence-corrected chi connectivity index (χ3v) is 9.30. The molecule has 4 aromatic rings. The molecule has 1 aliphatic carbocycles. The summed E-state index contributed by atoms with van der Waals surface area (Å²) in [5, 5.41) is 8.02. The van der Waals surface area contributed by atoms with E-state index in [0.717, 1.165) is 23.4 Å². The Morgan fingerprint density at radius 3 is 2.65 bits per heavy atom. The van der Waals surface area contributed by atoms with Gasteiger partial charge in [-0.3, -0.25) is 4.79 Å². The Morgan fingerprint density at radius 2 is 1.97 bits per heavy atom. The summed E-state index contributed by atoms with van der Waals surface area (Å²) in [7, 11) is -3.92. The molecule has 34 heavy (non-hydrogen) atoms. The van der Waals surface area contributed by atoms with Crippen molar-refractivity contribution in [3.05, 3.63) is 77.3 Å². The lowest BCUT2D eigenvalue weighted by Gasteiger charge is -2.14. The maximum atomic E-state index is 13.7. The first-order valence-electron chi connectivity index (χ1n) is 10.7. The molecule has 1 amide bonds. The Hall–Kier alpha value is -2.75. The number of carbonyl (C=O) groups is 1. The van der Waals surface area contributed by atoms with Gasteiger partial charge in [-0.25, -0.2) is 12.4 Å². The molecule has 1 fully saturated rings. The van der Waals surface area contributed by atoms with Crippen molar-refractivity contribution >= 4 is 50.2 Å². The molecule has 1 aliphatic rings. The molecule has 2 aromatic heterocycles. The number of hydrogen-bond acceptors (Lipinski definition) is 6. The lowest BCUT2D eigenvalue weighted by atomic mass is 10.1. The van der Waals surface area contributed by atoms with Gasteiger partial charge in [0.2, 0.25) is 5.91 Å². The van der Waals surface area contributed by atoms with E-state index in [-0.39, 0.29) is 22.8 Å². The van der Waals surface area contributed by atoms with Crippen molar-refractivity contribution in [3.8, 4) is 0 Å². The van der Waals surface area contributed by atoms with Crippen LogP contribution in [0.2, 0.25) is 5.02 Å². The zero-order chi connectivity index (χ0) is 23.9. The smallest absolute Gasteiger partial charge is 0.268 e. The number of fused-ring (bicyclic) bond motifs is 1. The van der Waals surface area contributed by atoms with Crippen LogP contribution in [-0.2, 0) is 27.1 Å². The Kier molecular flexibility index (Phi) is 5.95. The average molecular weight is 516 g/mol. The van der Waals surface area contributed by atoms with Crippen LogP contribution >= 0.6 is 23.4 Å². The summed E-state index contributed by atoms with van der Waals surface area (Å²) in [6, 6.07) is 15.3. The van der Waals surface area contributed by atoms with Crippen molar-refractivity contribution < 1.29 is 17.7 Å². The quantitative estimate of drug-likeness (QED) is 0.323. The Bertz CT molecular complexity index is 1460. The Morgan fingerprint density at radius 1 is 1.21 bits per heavy atom. The van der Waals surface area contributed by atoms with E-state index < -0.39 is 10.0 Å².